The van der Waals surface area contributed by atoms with Gasteiger partial charge in [-0.15, -0.1) is 0 Å². The summed E-state index contributed by atoms with van der Waals surface area (Å²) in [5.74, 6) is 1.12. The predicted octanol–water partition coefficient (Wildman–Crippen LogP) is 2.94. The van der Waals surface area contributed by atoms with Crippen LogP contribution in [-0.2, 0) is 0 Å². The van der Waals surface area contributed by atoms with E-state index in [0.717, 1.165) is 0 Å². The number of rotatable bonds is 3. The normalized spacial score (nSPS) is 9.74. The number of nitriles is 1. The van der Waals surface area contributed by atoms with Gasteiger partial charge in [-0.1, -0.05) is 11.6 Å². The van der Waals surface area contributed by atoms with Crippen molar-refractivity contribution < 1.29 is 4.74 Å². The predicted molar refractivity (Wildman–Crippen MR) is 74.7 cm³/mol. The summed E-state index contributed by atoms with van der Waals surface area (Å²) in [4.78, 5) is 4.10. The Kier molecular flexibility index (Phi) is 3.74. The molecular formula is C13H11ClN4O. The molecule has 96 valence electrons. The van der Waals surface area contributed by atoms with Crippen LogP contribution in [0.4, 0.5) is 17.2 Å². The number of nitrogens with one attached hydrogen (secondary N) is 1. The minimum absolute atomic E-state index is 0.172. The number of halogens is 1. The molecule has 0 unspecified atom stereocenters. The van der Waals surface area contributed by atoms with Gasteiger partial charge in [-0.25, -0.2) is 4.98 Å². The van der Waals surface area contributed by atoms with Gasteiger partial charge < -0.3 is 15.8 Å². The van der Waals surface area contributed by atoms with E-state index in [9.17, 15) is 0 Å². The van der Waals surface area contributed by atoms with Crippen molar-refractivity contribution in [3.8, 4) is 11.8 Å². The molecule has 2 aromatic rings. The fourth-order valence-corrected chi connectivity index (χ4v) is 1.72. The molecule has 1 heterocycles. The summed E-state index contributed by atoms with van der Waals surface area (Å²) < 4.78 is 5.21. The first kappa shape index (κ1) is 13.0. The van der Waals surface area contributed by atoms with Crippen molar-refractivity contribution in [3.05, 3.63) is 41.0 Å². The summed E-state index contributed by atoms with van der Waals surface area (Å²) in [5.41, 5.74) is 6.79. The summed E-state index contributed by atoms with van der Waals surface area (Å²) in [6.07, 6.45) is 0. The molecule has 2 rings (SSSR count). The second kappa shape index (κ2) is 5.46. The lowest BCUT2D eigenvalue weighted by atomic mass is 10.2. The number of pyridine rings is 1. The number of hydrogen-bond donors (Lipinski definition) is 2. The van der Waals surface area contributed by atoms with Crippen LogP contribution in [0.3, 0.4) is 0 Å². The highest BCUT2D eigenvalue weighted by Crippen LogP contribution is 2.30. The number of anilines is 3. The molecule has 0 saturated carbocycles. The van der Waals surface area contributed by atoms with Crippen LogP contribution >= 0.6 is 11.6 Å². The molecule has 0 aliphatic heterocycles. The Morgan fingerprint density at radius 1 is 1.37 bits per heavy atom. The smallest absolute Gasteiger partial charge is 0.165 e. The van der Waals surface area contributed by atoms with Gasteiger partial charge in [-0.2, -0.15) is 5.26 Å². The van der Waals surface area contributed by atoms with Gasteiger partial charge in [-0.3, -0.25) is 0 Å². The topological polar surface area (TPSA) is 84.0 Å². The van der Waals surface area contributed by atoms with E-state index in [1.54, 1.807) is 37.4 Å². The van der Waals surface area contributed by atoms with E-state index >= 15 is 0 Å². The highest BCUT2D eigenvalue weighted by atomic mass is 35.5. The van der Waals surface area contributed by atoms with E-state index in [4.69, 9.17) is 27.3 Å². The summed E-state index contributed by atoms with van der Waals surface area (Å²) >= 11 is 5.94. The first-order chi connectivity index (χ1) is 9.13. The highest BCUT2D eigenvalue weighted by molar-refractivity contribution is 6.31. The van der Waals surface area contributed by atoms with Gasteiger partial charge in [-0.05, 0) is 30.3 Å². The number of benzene rings is 1. The number of nitrogens with two attached hydrogens (primary N) is 1. The zero-order valence-electron chi connectivity index (χ0n) is 10.1. The van der Waals surface area contributed by atoms with Gasteiger partial charge in [0.15, 0.2) is 5.69 Å². The van der Waals surface area contributed by atoms with Crippen molar-refractivity contribution in [2.24, 2.45) is 0 Å². The Hall–Kier alpha value is -2.45. The Morgan fingerprint density at radius 2 is 2.16 bits per heavy atom. The van der Waals surface area contributed by atoms with Crippen LogP contribution in [0, 0.1) is 11.3 Å². The van der Waals surface area contributed by atoms with Crippen molar-refractivity contribution in [1.29, 1.82) is 5.26 Å². The molecule has 0 bridgehead atoms. The Labute approximate surface area is 115 Å². The van der Waals surface area contributed by atoms with E-state index in [1.807, 2.05) is 6.07 Å². The van der Waals surface area contributed by atoms with Crippen LogP contribution in [0.25, 0.3) is 0 Å². The number of hydrogen-bond acceptors (Lipinski definition) is 5. The lowest BCUT2D eigenvalue weighted by molar-refractivity contribution is 0.417. The van der Waals surface area contributed by atoms with Gasteiger partial charge in [0, 0.05) is 5.02 Å². The summed E-state index contributed by atoms with van der Waals surface area (Å²) in [6.45, 7) is 0. The van der Waals surface area contributed by atoms with Gasteiger partial charge >= 0.3 is 0 Å². The second-order valence-corrected chi connectivity index (χ2v) is 4.15. The second-order valence-electron chi connectivity index (χ2n) is 3.72. The van der Waals surface area contributed by atoms with Crippen molar-refractivity contribution in [2.75, 3.05) is 18.2 Å². The summed E-state index contributed by atoms with van der Waals surface area (Å²) in [5, 5.41) is 12.5. The molecule has 0 amide bonds. The Bertz CT molecular complexity index is 652. The molecule has 3 N–H and O–H groups in total. The van der Waals surface area contributed by atoms with E-state index < -0.39 is 0 Å². The molecule has 0 aliphatic carbocycles. The maximum Gasteiger partial charge on any atom is 0.165 e. The molecule has 0 saturated heterocycles. The van der Waals surface area contributed by atoms with Crippen molar-refractivity contribution in [3.63, 3.8) is 0 Å². The number of aromatic nitrogens is 1. The maximum absolute atomic E-state index is 8.89. The SMILES string of the molecule is COc1ccc(Cl)cc1Nc1ccc(N)c(C#N)n1. The summed E-state index contributed by atoms with van der Waals surface area (Å²) in [7, 11) is 1.56. The fourth-order valence-electron chi connectivity index (χ4n) is 1.54. The molecule has 0 radical (unpaired) electrons. The average Bonchev–Trinajstić information content (AvgIpc) is 2.41. The molecule has 0 spiro atoms. The standard InChI is InChI=1S/C13H11ClN4O/c1-19-12-4-2-8(14)6-10(12)17-13-5-3-9(16)11(7-15)18-13/h2-6H,16H2,1H3,(H,17,18). The molecule has 1 aromatic carbocycles. The minimum Gasteiger partial charge on any atom is -0.495 e. The van der Waals surface area contributed by atoms with Gasteiger partial charge in [0.25, 0.3) is 0 Å². The van der Waals surface area contributed by atoms with Crippen LogP contribution in [-0.4, -0.2) is 12.1 Å². The number of ether oxygens (including phenoxy) is 1. The summed E-state index contributed by atoms with van der Waals surface area (Å²) in [6, 6.07) is 10.4. The first-order valence-corrected chi connectivity index (χ1v) is 5.79. The molecule has 5 nitrogen and oxygen atoms in total. The molecule has 0 atom stereocenters. The average molecular weight is 275 g/mol. The van der Waals surface area contributed by atoms with Crippen LogP contribution in [0.5, 0.6) is 5.75 Å². The minimum atomic E-state index is 0.172. The Morgan fingerprint density at radius 3 is 2.84 bits per heavy atom. The number of nitrogens with zero attached hydrogens (tertiary/aromatic N) is 2. The maximum atomic E-state index is 8.89. The van der Waals surface area contributed by atoms with Crippen LogP contribution in [0.15, 0.2) is 30.3 Å². The van der Waals surface area contributed by atoms with Gasteiger partial charge in [0.2, 0.25) is 0 Å². The van der Waals surface area contributed by atoms with E-state index in [-0.39, 0.29) is 5.69 Å². The van der Waals surface area contributed by atoms with Gasteiger partial charge in [0.1, 0.15) is 17.6 Å². The van der Waals surface area contributed by atoms with E-state index in [0.29, 0.717) is 28.0 Å². The molecule has 6 heteroatoms. The van der Waals surface area contributed by atoms with Crippen LogP contribution in [0.2, 0.25) is 5.02 Å². The zero-order valence-corrected chi connectivity index (χ0v) is 10.9. The third-order valence-corrected chi connectivity index (χ3v) is 2.69. The van der Waals surface area contributed by atoms with E-state index in [2.05, 4.69) is 10.3 Å². The Balaban J connectivity index is 2.36. The lowest BCUT2D eigenvalue weighted by Gasteiger charge is -2.11. The van der Waals surface area contributed by atoms with Crippen LogP contribution < -0.4 is 15.8 Å². The van der Waals surface area contributed by atoms with Crippen molar-refractivity contribution in [2.45, 2.75) is 0 Å². The molecule has 0 fully saturated rings. The largest absolute Gasteiger partial charge is 0.495 e. The third-order valence-electron chi connectivity index (χ3n) is 2.46. The molecule has 0 aliphatic rings. The number of nitrogen functional groups attached to an aromatic ring is 1. The van der Waals surface area contributed by atoms with Crippen molar-refractivity contribution >= 4 is 28.8 Å². The monoisotopic (exact) mass is 274 g/mol. The highest BCUT2D eigenvalue weighted by Gasteiger charge is 2.07. The fraction of sp³-hybridized carbons (Fsp3) is 0.0769. The molecular weight excluding hydrogens is 264 g/mol. The first-order valence-electron chi connectivity index (χ1n) is 5.41. The quantitative estimate of drug-likeness (QED) is 0.899. The molecule has 1 aromatic heterocycles. The number of methoxy groups -OCH3 is 1. The van der Waals surface area contributed by atoms with Crippen molar-refractivity contribution in [1.82, 2.24) is 4.98 Å². The lowest BCUT2D eigenvalue weighted by Crippen LogP contribution is -2.00. The van der Waals surface area contributed by atoms with E-state index in [1.165, 1.54) is 0 Å². The zero-order chi connectivity index (χ0) is 13.8. The molecule has 19 heavy (non-hydrogen) atoms. The third kappa shape index (κ3) is 2.87. The van der Waals surface area contributed by atoms with Crippen LogP contribution in [0.1, 0.15) is 5.69 Å². The van der Waals surface area contributed by atoms with Gasteiger partial charge in [0.05, 0.1) is 18.5 Å².